The Bertz CT molecular complexity index is 683. The molecule has 0 aliphatic heterocycles. The number of ether oxygens (including phenoxy) is 1. The van der Waals surface area contributed by atoms with Crippen molar-refractivity contribution in [1.82, 2.24) is 16.0 Å². The van der Waals surface area contributed by atoms with Gasteiger partial charge in [-0.15, -0.1) is 0 Å². The van der Waals surface area contributed by atoms with Gasteiger partial charge in [-0.2, -0.15) is 0 Å². The van der Waals surface area contributed by atoms with Gasteiger partial charge in [0.1, 0.15) is 6.04 Å². The SMILES string of the molecule is CC(C)NC(=O)CNC(=O)COC(=O)[C@H](NC(=O)C12CC3CC(CC(C3)C1)C2)C(C)C. The third-order valence-electron chi connectivity index (χ3n) is 6.97. The molecule has 4 aliphatic rings. The van der Waals surface area contributed by atoms with Gasteiger partial charge in [-0.25, -0.2) is 4.79 Å². The fourth-order valence-electron chi connectivity index (χ4n) is 6.01. The molecule has 1 atom stereocenters. The van der Waals surface area contributed by atoms with Gasteiger partial charge in [-0.3, -0.25) is 14.4 Å². The summed E-state index contributed by atoms with van der Waals surface area (Å²) in [5.74, 6) is 0.242. The molecular formula is C23H37N3O5. The van der Waals surface area contributed by atoms with Crippen molar-refractivity contribution in [3.8, 4) is 0 Å². The Morgan fingerprint density at radius 2 is 1.42 bits per heavy atom. The average molecular weight is 436 g/mol. The van der Waals surface area contributed by atoms with Crippen LogP contribution >= 0.6 is 0 Å². The van der Waals surface area contributed by atoms with Crippen molar-refractivity contribution >= 4 is 23.7 Å². The molecule has 0 radical (unpaired) electrons. The van der Waals surface area contributed by atoms with Crippen molar-refractivity contribution in [3.63, 3.8) is 0 Å². The zero-order valence-corrected chi connectivity index (χ0v) is 19.2. The molecule has 0 aromatic heterocycles. The van der Waals surface area contributed by atoms with Gasteiger partial charge in [0, 0.05) is 11.5 Å². The number of esters is 1. The first kappa shape index (κ1) is 23.5. The Labute approximate surface area is 184 Å². The normalized spacial score (nSPS) is 29.5. The molecule has 8 nitrogen and oxygen atoms in total. The quantitative estimate of drug-likeness (QED) is 0.475. The molecule has 0 heterocycles. The molecule has 0 aromatic carbocycles. The molecule has 3 amide bonds. The first-order valence-corrected chi connectivity index (χ1v) is 11.6. The lowest BCUT2D eigenvalue weighted by molar-refractivity contribution is -0.157. The molecule has 4 bridgehead atoms. The molecular weight excluding hydrogens is 398 g/mol. The van der Waals surface area contributed by atoms with E-state index in [0.29, 0.717) is 17.8 Å². The number of carbonyl (C=O) groups excluding carboxylic acids is 4. The molecule has 8 heteroatoms. The summed E-state index contributed by atoms with van der Waals surface area (Å²) in [7, 11) is 0. The lowest BCUT2D eigenvalue weighted by Gasteiger charge is -2.55. The highest BCUT2D eigenvalue weighted by Gasteiger charge is 2.55. The smallest absolute Gasteiger partial charge is 0.329 e. The molecule has 4 saturated carbocycles. The molecule has 4 aliphatic carbocycles. The molecule has 31 heavy (non-hydrogen) atoms. The second-order valence-electron chi connectivity index (χ2n) is 10.5. The third-order valence-corrected chi connectivity index (χ3v) is 6.97. The number of carbonyl (C=O) groups is 4. The van der Waals surface area contributed by atoms with E-state index in [9.17, 15) is 19.2 Å². The lowest BCUT2D eigenvalue weighted by atomic mass is 9.49. The Morgan fingerprint density at radius 3 is 1.90 bits per heavy atom. The Hall–Kier alpha value is -2.12. The van der Waals surface area contributed by atoms with Crippen LogP contribution in [0.15, 0.2) is 0 Å². The van der Waals surface area contributed by atoms with E-state index in [1.165, 1.54) is 19.3 Å². The Balaban J connectivity index is 1.50. The summed E-state index contributed by atoms with van der Waals surface area (Å²) in [6, 6.07) is -0.816. The lowest BCUT2D eigenvalue weighted by Crippen LogP contribution is -2.57. The highest BCUT2D eigenvalue weighted by atomic mass is 16.5. The van der Waals surface area contributed by atoms with Gasteiger partial charge in [0.2, 0.25) is 11.8 Å². The summed E-state index contributed by atoms with van der Waals surface area (Å²) < 4.78 is 5.16. The number of hydrogen-bond donors (Lipinski definition) is 3. The summed E-state index contributed by atoms with van der Waals surface area (Å²) in [4.78, 5) is 49.4. The minimum absolute atomic E-state index is 0.0217. The van der Waals surface area contributed by atoms with Crippen LogP contribution in [0.25, 0.3) is 0 Å². The second-order valence-corrected chi connectivity index (χ2v) is 10.5. The van der Waals surface area contributed by atoms with Gasteiger partial charge in [0.15, 0.2) is 6.61 Å². The standard InChI is InChI=1S/C23H37N3O5/c1-13(2)20(21(29)31-12-19(28)24-11-18(27)25-14(3)4)26-22(30)23-8-15-5-16(9-23)7-17(6-15)10-23/h13-17,20H,5-12H2,1-4H3,(H,24,28)(H,25,27)(H,26,30)/t15?,16?,17?,20-,23?/m1/s1. The minimum Gasteiger partial charge on any atom is -0.454 e. The number of rotatable bonds is 9. The van der Waals surface area contributed by atoms with E-state index in [0.717, 1.165) is 19.3 Å². The summed E-state index contributed by atoms with van der Waals surface area (Å²) in [6.07, 6.45) is 6.49. The fourth-order valence-corrected chi connectivity index (χ4v) is 6.01. The number of amides is 3. The van der Waals surface area contributed by atoms with Crippen LogP contribution in [-0.4, -0.2) is 48.9 Å². The van der Waals surface area contributed by atoms with Crippen LogP contribution in [0.1, 0.15) is 66.2 Å². The van der Waals surface area contributed by atoms with Crippen LogP contribution in [0.5, 0.6) is 0 Å². The maximum atomic E-state index is 13.3. The maximum Gasteiger partial charge on any atom is 0.329 e. The molecule has 4 fully saturated rings. The van der Waals surface area contributed by atoms with Crippen LogP contribution in [0, 0.1) is 29.1 Å². The molecule has 0 aromatic rings. The van der Waals surface area contributed by atoms with E-state index in [4.69, 9.17) is 4.74 Å². The van der Waals surface area contributed by atoms with Crippen molar-refractivity contribution < 1.29 is 23.9 Å². The number of nitrogens with one attached hydrogen (secondary N) is 3. The third kappa shape index (κ3) is 5.77. The number of hydrogen-bond acceptors (Lipinski definition) is 5. The largest absolute Gasteiger partial charge is 0.454 e. The van der Waals surface area contributed by atoms with E-state index in [2.05, 4.69) is 16.0 Å². The minimum atomic E-state index is -0.794. The summed E-state index contributed by atoms with van der Waals surface area (Å²) in [5.41, 5.74) is -0.344. The summed E-state index contributed by atoms with van der Waals surface area (Å²) in [5, 5.41) is 8.05. The first-order valence-electron chi connectivity index (χ1n) is 11.6. The molecule has 3 N–H and O–H groups in total. The maximum absolute atomic E-state index is 13.3. The van der Waals surface area contributed by atoms with E-state index >= 15 is 0 Å². The van der Waals surface area contributed by atoms with Gasteiger partial charge >= 0.3 is 5.97 Å². The predicted molar refractivity (Wildman–Crippen MR) is 115 cm³/mol. The highest BCUT2D eigenvalue weighted by Crippen LogP contribution is 2.60. The van der Waals surface area contributed by atoms with Crippen LogP contribution in [0.4, 0.5) is 0 Å². The van der Waals surface area contributed by atoms with E-state index < -0.39 is 24.5 Å². The topological polar surface area (TPSA) is 114 Å². The van der Waals surface area contributed by atoms with E-state index in [-0.39, 0.29) is 35.7 Å². The Kier molecular flexibility index (Phi) is 7.27. The predicted octanol–water partition coefficient (Wildman–Crippen LogP) is 1.53. The van der Waals surface area contributed by atoms with Gasteiger partial charge < -0.3 is 20.7 Å². The van der Waals surface area contributed by atoms with E-state index in [1.54, 1.807) is 0 Å². The monoisotopic (exact) mass is 435 g/mol. The van der Waals surface area contributed by atoms with Crippen molar-refractivity contribution in [3.05, 3.63) is 0 Å². The summed E-state index contributed by atoms with van der Waals surface area (Å²) >= 11 is 0. The van der Waals surface area contributed by atoms with Gasteiger partial charge in [0.25, 0.3) is 5.91 Å². The zero-order chi connectivity index (χ0) is 22.8. The van der Waals surface area contributed by atoms with Crippen LogP contribution in [0.2, 0.25) is 0 Å². The molecule has 174 valence electrons. The molecule has 0 unspecified atom stereocenters. The zero-order valence-electron chi connectivity index (χ0n) is 19.2. The van der Waals surface area contributed by atoms with Crippen molar-refractivity contribution in [2.45, 2.75) is 78.3 Å². The van der Waals surface area contributed by atoms with E-state index in [1.807, 2.05) is 27.7 Å². The highest BCUT2D eigenvalue weighted by molar-refractivity contribution is 5.90. The van der Waals surface area contributed by atoms with Crippen molar-refractivity contribution in [2.75, 3.05) is 13.2 Å². The Morgan fingerprint density at radius 1 is 0.871 bits per heavy atom. The summed E-state index contributed by atoms with van der Waals surface area (Å²) in [6.45, 7) is 6.69. The molecule has 0 spiro atoms. The molecule has 4 rings (SSSR count). The van der Waals surface area contributed by atoms with Gasteiger partial charge in [-0.1, -0.05) is 13.8 Å². The average Bonchev–Trinajstić information content (AvgIpc) is 2.66. The first-order chi connectivity index (χ1) is 14.6. The van der Waals surface area contributed by atoms with Crippen LogP contribution < -0.4 is 16.0 Å². The van der Waals surface area contributed by atoms with Gasteiger partial charge in [-0.05, 0) is 76.0 Å². The van der Waals surface area contributed by atoms with Crippen LogP contribution in [-0.2, 0) is 23.9 Å². The van der Waals surface area contributed by atoms with Gasteiger partial charge in [0.05, 0.1) is 6.54 Å². The van der Waals surface area contributed by atoms with Crippen LogP contribution in [0.3, 0.4) is 0 Å². The second kappa shape index (κ2) is 9.57. The van der Waals surface area contributed by atoms with Crippen molar-refractivity contribution in [1.29, 1.82) is 0 Å². The molecule has 0 saturated heterocycles. The van der Waals surface area contributed by atoms with Crippen molar-refractivity contribution in [2.24, 2.45) is 29.1 Å². The fraction of sp³-hybridized carbons (Fsp3) is 0.826.